The van der Waals surface area contributed by atoms with E-state index in [0.717, 1.165) is 4.88 Å². The number of nitrogens with zero attached hydrogens (tertiary/aromatic N) is 3. The number of ether oxygens (including phenoxy) is 1. The van der Waals surface area contributed by atoms with Crippen LogP contribution in [0, 0.1) is 0 Å². The number of aromatic nitrogens is 2. The first-order chi connectivity index (χ1) is 16.7. The summed E-state index contributed by atoms with van der Waals surface area (Å²) in [4.78, 5) is 20.4. The van der Waals surface area contributed by atoms with Gasteiger partial charge in [0.2, 0.25) is 0 Å². The second kappa shape index (κ2) is 8.80. The van der Waals surface area contributed by atoms with Crippen LogP contribution in [0.3, 0.4) is 0 Å². The Kier molecular flexibility index (Phi) is 6.36. The number of benzene rings is 1. The molecule has 0 atom stereocenters. The van der Waals surface area contributed by atoms with Crippen molar-refractivity contribution in [2.24, 2.45) is 0 Å². The monoisotopic (exact) mass is 543 g/mol. The van der Waals surface area contributed by atoms with Crippen LogP contribution in [0.25, 0.3) is 21.8 Å². The number of carbonyl (C=O) groups is 1. The minimum absolute atomic E-state index is 0.157. The van der Waals surface area contributed by atoms with Gasteiger partial charge in [0.05, 0.1) is 17.7 Å². The number of rotatable bonds is 5. The Morgan fingerprint density at radius 1 is 1.19 bits per heavy atom. The number of halogens is 3. The maximum absolute atomic E-state index is 13.4. The highest BCUT2D eigenvalue weighted by Crippen LogP contribution is 2.45. The van der Waals surface area contributed by atoms with Crippen molar-refractivity contribution in [2.45, 2.75) is 44.8 Å². The van der Waals surface area contributed by atoms with Gasteiger partial charge in [0.25, 0.3) is 5.91 Å². The van der Waals surface area contributed by atoms with Crippen LogP contribution in [0.4, 0.5) is 13.2 Å². The summed E-state index contributed by atoms with van der Waals surface area (Å²) in [5, 5.41) is 1.84. The number of fused-ring (bicyclic) bond motifs is 3. The molecule has 0 fully saturated rings. The van der Waals surface area contributed by atoms with E-state index >= 15 is 0 Å². The van der Waals surface area contributed by atoms with E-state index in [2.05, 4.69) is 9.17 Å². The van der Waals surface area contributed by atoms with Gasteiger partial charge < -0.3 is 18.4 Å². The zero-order chi connectivity index (χ0) is 26.6. The molecular formula is C23H24F3N3O5S2. The number of amides is 1. The molecule has 0 saturated heterocycles. The first-order valence-corrected chi connectivity index (χ1v) is 13.1. The molecule has 8 nitrogen and oxygen atoms in total. The fraction of sp³-hybridized carbons (Fsp3) is 0.391. The summed E-state index contributed by atoms with van der Waals surface area (Å²) < 4.78 is 73.9. The summed E-state index contributed by atoms with van der Waals surface area (Å²) in [5.41, 5.74) is -4.05. The molecule has 1 aliphatic heterocycles. The number of methoxy groups -OCH3 is 1. The molecule has 13 heteroatoms. The van der Waals surface area contributed by atoms with Gasteiger partial charge in [-0.25, -0.2) is 4.98 Å². The van der Waals surface area contributed by atoms with Gasteiger partial charge in [-0.1, -0.05) is 6.07 Å². The van der Waals surface area contributed by atoms with E-state index in [1.165, 1.54) is 30.6 Å². The zero-order valence-electron chi connectivity index (χ0n) is 20.1. The Hall–Kier alpha value is -3.06. The summed E-state index contributed by atoms with van der Waals surface area (Å²) in [6.45, 7) is 6.04. The molecular weight excluding hydrogens is 519 g/mol. The van der Waals surface area contributed by atoms with Gasteiger partial charge in [-0.05, 0) is 56.3 Å². The first kappa shape index (κ1) is 26.0. The fourth-order valence-electron chi connectivity index (χ4n) is 3.80. The minimum Gasteiger partial charge on any atom is -0.493 e. The quantitative estimate of drug-likeness (QED) is 0.334. The second-order valence-electron chi connectivity index (χ2n) is 9.19. The highest BCUT2D eigenvalue weighted by atomic mass is 32.2. The Morgan fingerprint density at radius 3 is 2.44 bits per heavy atom. The van der Waals surface area contributed by atoms with Crippen LogP contribution in [-0.4, -0.2) is 54.0 Å². The van der Waals surface area contributed by atoms with Crippen LogP contribution < -0.4 is 8.92 Å². The molecule has 0 aliphatic carbocycles. The molecule has 0 saturated carbocycles. The van der Waals surface area contributed by atoms with E-state index in [4.69, 9.17) is 4.74 Å². The number of imidazole rings is 1. The van der Waals surface area contributed by atoms with Crippen molar-refractivity contribution in [1.29, 1.82) is 0 Å². The number of hydrogen-bond acceptors (Lipinski definition) is 7. The smallest absolute Gasteiger partial charge is 0.493 e. The van der Waals surface area contributed by atoms with Gasteiger partial charge in [0, 0.05) is 24.7 Å². The van der Waals surface area contributed by atoms with E-state index in [1.54, 1.807) is 16.5 Å². The van der Waals surface area contributed by atoms with Crippen LogP contribution in [-0.2, 0) is 23.1 Å². The molecule has 0 bridgehead atoms. The van der Waals surface area contributed by atoms with E-state index < -0.39 is 26.9 Å². The van der Waals surface area contributed by atoms with Crippen molar-refractivity contribution >= 4 is 27.4 Å². The zero-order valence-corrected chi connectivity index (χ0v) is 21.8. The minimum atomic E-state index is -5.94. The maximum Gasteiger partial charge on any atom is 0.534 e. The number of aryl methyl sites for hydroxylation is 1. The second-order valence-corrected chi connectivity index (χ2v) is 11.7. The normalized spacial score (nSPS) is 13.7. The van der Waals surface area contributed by atoms with Crippen LogP contribution in [0.2, 0.25) is 0 Å². The summed E-state index contributed by atoms with van der Waals surface area (Å²) in [6, 6.07) is 6.28. The predicted octanol–water partition coefficient (Wildman–Crippen LogP) is 4.94. The van der Waals surface area contributed by atoms with Crippen molar-refractivity contribution in [3.8, 4) is 33.3 Å². The van der Waals surface area contributed by atoms with Crippen LogP contribution in [0.1, 0.15) is 37.0 Å². The molecule has 3 heterocycles. The molecule has 36 heavy (non-hydrogen) atoms. The van der Waals surface area contributed by atoms with Gasteiger partial charge in [0.1, 0.15) is 5.69 Å². The van der Waals surface area contributed by atoms with Gasteiger partial charge >= 0.3 is 15.6 Å². The highest BCUT2D eigenvalue weighted by molar-refractivity contribution is 7.88. The average molecular weight is 544 g/mol. The van der Waals surface area contributed by atoms with Crippen molar-refractivity contribution in [3.63, 3.8) is 0 Å². The van der Waals surface area contributed by atoms with E-state index in [0.29, 0.717) is 35.5 Å². The van der Waals surface area contributed by atoms with Gasteiger partial charge in [-0.2, -0.15) is 21.6 Å². The third-order valence-corrected chi connectivity index (χ3v) is 7.80. The van der Waals surface area contributed by atoms with Crippen molar-refractivity contribution < 1.29 is 35.3 Å². The van der Waals surface area contributed by atoms with Crippen LogP contribution in [0.15, 0.2) is 29.6 Å². The number of thiophene rings is 1. The van der Waals surface area contributed by atoms with Gasteiger partial charge in [-0.15, -0.1) is 11.3 Å². The number of carbonyl (C=O) groups excluding carboxylic acids is 1. The standard InChI is InChI=1S/C23H24F3N3O5S2/c1-22(2,3)28(4)21(30)20-27-18(17-7-6-10-35-17)19-14-12-16(34-36(31,32)23(24,25)26)15(33-5)11-13(14)8-9-29(19)20/h6-7,10-12H,8-9H2,1-5H3. The highest BCUT2D eigenvalue weighted by Gasteiger charge is 2.49. The molecule has 0 unspecified atom stereocenters. The van der Waals surface area contributed by atoms with Crippen molar-refractivity contribution in [1.82, 2.24) is 14.5 Å². The van der Waals surface area contributed by atoms with E-state index in [-0.39, 0.29) is 17.5 Å². The topological polar surface area (TPSA) is 90.7 Å². The molecule has 3 aromatic rings. The Bertz CT molecular complexity index is 1420. The van der Waals surface area contributed by atoms with E-state index in [9.17, 15) is 26.4 Å². The summed E-state index contributed by atoms with van der Waals surface area (Å²) in [7, 11) is -3.06. The van der Waals surface area contributed by atoms with Crippen molar-refractivity contribution in [3.05, 3.63) is 41.0 Å². The Balaban J connectivity index is 1.94. The lowest BCUT2D eigenvalue weighted by Crippen LogP contribution is -2.43. The molecule has 0 radical (unpaired) electrons. The number of hydrogen-bond donors (Lipinski definition) is 0. The molecule has 1 amide bonds. The lowest BCUT2D eigenvalue weighted by Gasteiger charge is -2.32. The molecule has 194 valence electrons. The molecule has 0 spiro atoms. The maximum atomic E-state index is 13.4. The molecule has 1 aromatic carbocycles. The third kappa shape index (κ3) is 4.45. The average Bonchev–Trinajstić information content (AvgIpc) is 3.44. The third-order valence-electron chi connectivity index (χ3n) is 5.96. The summed E-state index contributed by atoms with van der Waals surface area (Å²) >= 11 is 1.39. The SMILES string of the molecule is COc1cc2c(cc1OS(=O)(=O)C(F)(F)F)-c1c(-c3cccs3)nc(C(=O)N(C)C(C)(C)C)n1CC2. The Morgan fingerprint density at radius 2 is 1.89 bits per heavy atom. The number of alkyl halides is 3. The summed E-state index contributed by atoms with van der Waals surface area (Å²) in [6.07, 6.45) is 0.407. The largest absolute Gasteiger partial charge is 0.534 e. The lowest BCUT2D eigenvalue weighted by molar-refractivity contribution is -0.0500. The predicted molar refractivity (Wildman–Crippen MR) is 129 cm³/mol. The first-order valence-electron chi connectivity index (χ1n) is 10.8. The molecule has 4 rings (SSSR count). The van der Waals surface area contributed by atoms with E-state index in [1.807, 2.05) is 38.3 Å². The van der Waals surface area contributed by atoms with Gasteiger partial charge in [0.15, 0.2) is 17.3 Å². The van der Waals surface area contributed by atoms with Crippen LogP contribution in [0.5, 0.6) is 11.5 Å². The molecule has 2 aromatic heterocycles. The fourth-order valence-corrected chi connectivity index (χ4v) is 4.97. The molecule has 0 N–H and O–H groups in total. The van der Waals surface area contributed by atoms with Crippen LogP contribution >= 0.6 is 11.3 Å². The van der Waals surface area contributed by atoms with Gasteiger partial charge in [-0.3, -0.25) is 4.79 Å². The molecule has 1 aliphatic rings. The Labute approximate surface area is 210 Å². The summed E-state index contributed by atoms with van der Waals surface area (Å²) in [5.74, 6) is -0.909. The van der Waals surface area contributed by atoms with Crippen molar-refractivity contribution in [2.75, 3.05) is 14.2 Å². The lowest BCUT2D eigenvalue weighted by atomic mass is 9.96.